The van der Waals surface area contributed by atoms with E-state index in [1.807, 2.05) is 19.1 Å². The Morgan fingerprint density at radius 3 is 1.90 bits per heavy atom. The highest BCUT2D eigenvalue weighted by molar-refractivity contribution is 6.30. The second kappa shape index (κ2) is 16.4. The van der Waals surface area contributed by atoms with E-state index in [0.29, 0.717) is 38.7 Å². The lowest BCUT2D eigenvalue weighted by atomic mass is 10.1. The molecule has 0 fully saturated rings. The van der Waals surface area contributed by atoms with Gasteiger partial charge in [-0.05, 0) is 62.4 Å². The number of rotatable bonds is 4. The van der Waals surface area contributed by atoms with Crippen LogP contribution < -0.4 is 33.9 Å². The third-order valence-corrected chi connectivity index (χ3v) is 10.0. The number of Topliss-reactive ketones (excluding diaryl/α,β-unsaturated/α-hetero) is 1. The number of amidine groups is 1. The topological polar surface area (TPSA) is 319 Å². The number of aromatic amines is 2. The monoisotopic (exact) mass is 849 g/mol. The highest BCUT2D eigenvalue weighted by atomic mass is 35.5. The van der Waals surface area contributed by atoms with E-state index >= 15 is 0 Å². The van der Waals surface area contributed by atoms with Crippen molar-refractivity contribution < 1.29 is 15.0 Å². The van der Waals surface area contributed by atoms with Crippen molar-refractivity contribution in [3.05, 3.63) is 155 Å². The second-order valence-electron chi connectivity index (χ2n) is 13.6. The van der Waals surface area contributed by atoms with E-state index in [4.69, 9.17) is 28.8 Å². The van der Waals surface area contributed by atoms with Crippen LogP contribution in [0, 0.1) is 29.6 Å². The van der Waals surface area contributed by atoms with Crippen LogP contribution in [0.15, 0.2) is 104 Å². The van der Waals surface area contributed by atoms with Crippen LogP contribution in [-0.4, -0.2) is 55.9 Å². The first-order valence-electron chi connectivity index (χ1n) is 18.2. The molecule has 10 N–H and O–H groups in total. The summed E-state index contributed by atoms with van der Waals surface area (Å²) in [6.07, 6.45) is 1.48. The van der Waals surface area contributed by atoms with Crippen molar-refractivity contribution in [1.82, 2.24) is 34.1 Å². The lowest BCUT2D eigenvalue weighted by molar-refractivity contribution is 0.101. The summed E-state index contributed by atoms with van der Waals surface area (Å²) in [6.45, 7) is 3.47. The van der Waals surface area contributed by atoms with Crippen molar-refractivity contribution >= 4 is 56.7 Å². The van der Waals surface area contributed by atoms with Crippen molar-refractivity contribution in [3.8, 4) is 41.0 Å². The zero-order valence-electron chi connectivity index (χ0n) is 32.5. The molecule has 3 aromatic carbocycles. The van der Waals surface area contributed by atoms with Crippen LogP contribution in [0.2, 0.25) is 5.02 Å². The number of hydrogen-bond acceptors (Lipinski definition) is 14. The summed E-state index contributed by atoms with van der Waals surface area (Å²) in [5, 5.41) is 52.7. The molecular formula is C42H32ClN13O6. The number of nitrogens with zero attached hydrogens (tertiary/aromatic N) is 8. The third kappa shape index (κ3) is 7.12. The van der Waals surface area contributed by atoms with Gasteiger partial charge in [-0.3, -0.25) is 38.9 Å². The summed E-state index contributed by atoms with van der Waals surface area (Å²) in [7, 11) is 0. The molecule has 9 rings (SSSR count). The number of carbonyl (C=O) groups excluding carboxylic acids is 1. The Bertz CT molecular complexity index is 3410. The summed E-state index contributed by atoms with van der Waals surface area (Å²) in [5.41, 5.74) is 19.5. The number of benzene rings is 3. The molecule has 19 nitrogen and oxygen atoms in total. The number of aryl methyl sites for hydroxylation is 1. The van der Waals surface area contributed by atoms with Crippen LogP contribution in [0.3, 0.4) is 0 Å². The minimum Gasteiger partial charge on any atom is -0.494 e. The first-order chi connectivity index (χ1) is 29.7. The largest absolute Gasteiger partial charge is 0.494 e. The van der Waals surface area contributed by atoms with Gasteiger partial charge in [-0.25, -0.2) is 9.13 Å². The van der Waals surface area contributed by atoms with E-state index in [1.165, 1.54) is 17.7 Å². The molecule has 0 saturated heterocycles. The van der Waals surface area contributed by atoms with E-state index in [2.05, 4.69) is 25.4 Å². The third-order valence-electron chi connectivity index (χ3n) is 9.78. The van der Waals surface area contributed by atoms with E-state index < -0.39 is 11.1 Å². The average Bonchev–Trinajstić information content (AvgIpc) is 3.97. The Kier molecular flexibility index (Phi) is 10.9. The molecule has 0 saturated carbocycles. The van der Waals surface area contributed by atoms with Crippen LogP contribution in [-0.2, 0) is 6.54 Å². The number of para-hydroxylation sites is 1. The average molecular weight is 850 g/mol. The fourth-order valence-electron chi connectivity index (χ4n) is 6.74. The Balaban J connectivity index is 0.000000140. The van der Waals surface area contributed by atoms with Crippen LogP contribution in [0.25, 0.3) is 38.9 Å². The van der Waals surface area contributed by atoms with Crippen molar-refractivity contribution in [2.24, 2.45) is 10.7 Å². The number of aliphatic imine (C=N–C) groups is 1. The maximum atomic E-state index is 12.5. The Labute approximate surface area is 353 Å². The minimum absolute atomic E-state index is 0.0276. The maximum Gasteiger partial charge on any atom is 0.278 e. The molecule has 0 atom stereocenters. The van der Waals surface area contributed by atoms with Gasteiger partial charge in [0.1, 0.15) is 39.9 Å². The molecule has 8 aromatic rings. The molecule has 5 aromatic heterocycles. The van der Waals surface area contributed by atoms with Crippen LogP contribution in [0.4, 0.5) is 11.6 Å². The molecule has 0 bridgehead atoms. The highest BCUT2D eigenvalue weighted by Crippen LogP contribution is 2.31. The van der Waals surface area contributed by atoms with Gasteiger partial charge in [0.05, 0.1) is 40.1 Å². The quantitative estimate of drug-likeness (QED) is 0.123. The van der Waals surface area contributed by atoms with Gasteiger partial charge < -0.3 is 27.4 Å². The maximum absolute atomic E-state index is 12.5. The van der Waals surface area contributed by atoms with Gasteiger partial charge >= 0.3 is 0 Å². The molecule has 20 heteroatoms. The fraction of sp³-hybridized carbons (Fsp3) is 0.0714. The first-order valence-corrected chi connectivity index (χ1v) is 18.6. The van der Waals surface area contributed by atoms with Crippen molar-refractivity contribution in [3.63, 3.8) is 0 Å². The number of nitriles is 2. The van der Waals surface area contributed by atoms with Gasteiger partial charge in [0.15, 0.2) is 17.4 Å². The van der Waals surface area contributed by atoms with Crippen molar-refractivity contribution in [1.29, 1.82) is 10.5 Å². The van der Waals surface area contributed by atoms with E-state index in [9.17, 15) is 39.9 Å². The highest BCUT2D eigenvalue weighted by Gasteiger charge is 2.28. The number of H-pyrrole nitrogens is 2. The summed E-state index contributed by atoms with van der Waals surface area (Å²) in [5.74, 6) is -0.580. The Morgan fingerprint density at radius 2 is 1.29 bits per heavy atom. The lowest BCUT2D eigenvalue weighted by Gasteiger charge is -2.13. The number of pyridine rings is 3. The number of anilines is 2. The van der Waals surface area contributed by atoms with Crippen LogP contribution in [0.1, 0.15) is 45.1 Å². The van der Waals surface area contributed by atoms with Crippen LogP contribution in [0.5, 0.6) is 11.8 Å². The zero-order valence-corrected chi connectivity index (χ0v) is 33.3. The van der Waals surface area contributed by atoms with Gasteiger partial charge in [-0.15, -0.1) is 0 Å². The van der Waals surface area contributed by atoms with Crippen molar-refractivity contribution in [2.45, 2.75) is 20.4 Å². The van der Waals surface area contributed by atoms with Crippen molar-refractivity contribution in [2.75, 3.05) is 11.5 Å². The minimum atomic E-state index is -0.630. The molecule has 0 radical (unpaired) electrons. The normalized spacial score (nSPS) is 11.4. The summed E-state index contributed by atoms with van der Waals surface area (Å²) in [6, 6.07) is 26.0. The van der Waals surface area contributed by atoms with E-state index in [0.717, 1.165) is 14.7 Å². The number of aromatic hydroxyl groups is 2. The number of nitrogens with one attached hydrogen (secondary N) is 2. The van der Waals surface area contributed by atoms with Gasteiger partial charge in [-0.2, -0.15) is 20.7 Å². The molecule has 0 spiro atoms. The molecule has 0 aliphatic carbocycles. The van der Waals surface area contributed by atoms with Gasteiger partial charge in [0, 0.05) is 22.5 Å². The standard InChI is InChI=1S/C14H11ClN4O2.C14H11N5O2.C14H10N4O2/c1-7(20)10-6-19(9-4-2-8(15)3-5-9)14(21)11-12(10)17-18-13(11)16;1-7-2-4-8(5-3-7)19-13(20)9(6-15)11-10(14(19)21)12(16)18-17-11;15-6-9-10-7-17-12(16)11(10)14(20)18(13(9)19)8-4-2-1-3-5-8/h2-6H,1H3,(H3,16,17,18);2-5,17,21H,1H3,(H2,16,18);1-5,20H,7H2,(H2,16,17). The van der Waals surface area contributed by atoms with Crippen LogP contribution >= 0.6 is 11.6 Å². The Morgan fingerprint density at radius 1 is 0.742 bits per heavy atom. The predicted octanol–water partition coefficient (Wildman–Crippen LogP) is 3.97. The zero-order chi connectivity index (χ0) is 44.6. The number of halogens is 1. The number of nitrogen functional groups attached to an aromatic ring is 2. The lowest BCUT2D eigenvalue weighted by Crippen LogP contribution is -2.26. The number of fused-ring (bicyclic) bond motifs is 3. The molecule has 0 unspecified atom stereocenters. The fourth-order valence-corrected chi connectivity index (χ4v) is 6.86. The number of carbonyl (C=O) groups is 1. The van der Waals surface area contributed by atoms with Gasteiger partial charge in [0.25, 0.3) is 16.7 Å². The Hall–Kier alpha value is -8.94. The first kappa shape index (κ1) is 41.2. The molecule has 1 aliphatic heterocycles. The number of aromatic nitrogens is 7. The number of ketones is 1. The second-order valence-corrected chi connectivity index (χ2v) is 14.0. The molecule has 0 amide bonds. The summed E-state index contributed by atoms with van der Waals surface area (Å²) < 4.78 is 3.48. The number of hydrogen-bond donors (Lipinski definition) is 7. The molecule has 308 valence electrons. The van der Waals surface area contributed by atoms with Gasteiger partial charge in [0.2, 0.25) is 11.8 Å². The SMILES string of the molecule is CC(=O)c1cn(-c2ccc(Cl)cc2)c(=O)c2c(N)n[nH]c12.Cc1ccc(-n2c(O)c3c(N)n[nH]c3c(C#N)c2=O)cc1.N#Cc1c2c(c(O)n(-c3ccccc3)c1=O)C(N)=NC2. The van der Waals surface area contributed by atoms with E-state index in [1.54, 1.807) is 78.9 Å². The number of nitrogens with two attached hydrogens (primary N) is 3. The summed E-state index contributed by atoms with van der Waals surface area (Å²) in [4.78, 5) is 53.1. The summed E-state index contributed by atoms with van der Waals surface area (Å²) >= 11 is 5.85. The molecular weight excluding hydrogens is 818 g/mol. The van der Waals surface area contributed by atoms with E-state index in [-0.39, 0.29) is 80.1 Å². The smallest absolute Gasteiger partial charge is 0.278 e. The van der Waals surface area contributed by atoms with Gasteiger partial charge in [-0.1, -0.05) is 47.5 Å². The molecule has 62 heavy (non-hydrogen) atoms. The predicted molar refractivity (Wildman–Crippen MR) is 231 cm³/mol. The molecule has 1 aliphatic rings. The molecule has 6 heterocycles.